The van der Waals surface area contributed by atoms with E-state index in [-0.39, 0.29) is 6.42 Å². The molecule has 0 saturated carbocycles. The summed E-state index contributed by atoms with van der Waals surface area (Å²) in [5, 5.41) is 5.35. The van der Waals surface area contributed by atoms with E-state index in [1.807, 2.05) is 81.4 Å². The molecule has 0 heterocycles. The Bertz CT molecular complexity index is 1200. The minimum Gasteiger partial charge on any atom is -0.458 e. The minimum absolute atomic E-state index is 0.0177. The lowest BCUT2D eigenvalue weighted by Crippen LogP contribution is -2.68. The minimum atomic E-state index is -5.25. The molecule has 0 spiro atoms. The molecular formula is C31H41F3N2O5Si. The van der Waals surface area contributed by atoms with Crippen LogP contribution in [0.15, 0.2) is 72.8 Å². The van der Waals surface area contributed by atoms with Crippen LogP contribution >= 0.6 is 0 Å². The van der Waals surface area contributed by atoms with Crippen LogP contribution in [0.25, 0.3) is 0 Å². The monoisotopic (exact) mass is 606 g/mol. The third kappa shape index (κ3) is 9.28. The van der Waals surface area contributed by atoms with Gasteiger partial charge in [0.15, 0.2) is 0 Å². The Labute approximate surface area is 247 Å². The first-order chi connectivity index (χ1) is 19.3. The van der Waals surface area contributed by atoms with Crippen molar-refractivity contribution < 1.29 is 36.7 Å². The SMILES string of the molecule is C=C(C)C[C@@H](NC(=O)[C@H](CO[Si](c1ccccc1)(c1ccccc1)C(C)(C)C)NC(=O)C(F)(F)F)C(=O)OC(C)(C)C. The van der Waals surface area contributed by atoms with Crippen molar-refractivity contribution in [2.45, 2.75) is 83.8 Å². The number of carbonyl (C=O) groups is 3. The van der Waals surface area contributed by atoms with Crippen molar-refractivity contribution in [2.24, 2.45) is 0 Å². The van der Waals surface area contributed by atoms with Crippen LogP contribution in [0.3, 0.4) is 0 Å². The Morgan fingerprint density at radius 1 is 0.833 bits per heavy atom. The molecule has 0 radical (unpaired) electrons. The van der Waals surface area contributed by atoms with Crippen LogP contribution in [-0.4, -0.2) is 56.6 Å². The summed E-state index contributed by atoms with van der Waals surface area (Å²) in [5.41, 5.74) is -0.351. The number of benzene rings is 2. The van der Waals surface area contributed by atoms with E-state index in [4.69, 9.17) is 9.16 Å². The van der Waals surface area contributed by atoms with Crippen molar-refractivity contribution >= 4 is 36.5 Å². The van der Waals surface area contributed by atoms with Gasteiger partial charge < -0.3 is 19.8 Å². The molecule has 2 N–H and O–H groups in total. The molecule has 0 fully saturated rings. The zero-order valence-electron chi connectivity index (χ0n) is 25.2. The van der Waals surface area contributed by atoms with Gasteiger partial charge in [-0.1, -0.05) is 87.0 Å². The van der Waals surface area contributed by atoms with Crippen LogP contribution in [0.4, 0.5) is 13.2 Å². The molecule has 2 aromatic rings. The molecule has 0 aliphatic carbocycles. The second-order valence-electron chi connectivity index (χ2n) is 12.3. The highest BCUT2D eigenvalue weighted by Gasteiger charge is 2.51. The van der Waals surface area contributed by atoms with Crippen molar-refractivity contribution in [3.05, 3.63) is 72.8 Å². The van der Waals surface area contributed by atoms with Gasteiger partial charge in [0.1, 0.15) is 17.7 Å². The zero-order valence-corrected chi connectivity index (χ0v) is 26.2. The molecule has 42 heavy (non-hydrogen) atoms. The second-order valence-corrected chi connectivity index (χ2v) is 16.6. The topological polar surface area (TPSA) is 93.7 Å². The molecule has 7 nitrogen and oxygen atoms in total. The lowest BCUT2D eigenvalue weighted by Gasteiger charge is -2.43. The van der Waals surface area contributed by atoms with E-state index in [2.05, 4.69) is 11.9 Å². The van der Waals surface area contributed by atoms with Gasteiger partial charge in [0, 0.05) is 0 Å². The van der Waals surface area contributed by atoms with E-state index >= 15 is 0 Å². The smallest absolute Gasteiger partial charge is 0.458 e. The summed E-state index contributed by atoms with van der Waals surface area (Å²) in [4.78, 5) is 38.5. The summed E-state index contributed by atoms with van der Waals surface area (Å²) in [5.74, 6) is -4.11. The molecule has 0 saturated heterocycles. The van der Waals surface area contributed by atoms with Gasteiger partial charge in [-0.25, -0.2) is 4.79 Å². The fourth-order valence-electron chi connectivity index (χ4n) is 4.58. The summed E-state index contributed by atoms with van der Waals surface area (Å²) < 4.78 is 52.1. The Balaban J connectivity index is 2.55. The van der Waals surface area contributed by atoms with Gasteiger partial charge in [-0.15, -0.1) is 6.58 Å². The van der Waals surface area contributed by atoms with E-state index in [9.17, 15) is 27.6 Å². The summed E-state index contributed by atoms with van der Waals surface area (Å²) in [6, 6.07) is 15.6. The largest absolute Gasteiger partial charge is 0.471 e. The van der Waals surface area contributed by atoms with Crippen molar-refractivity contribution in [3.8, 4) is 0 Å². The number of hydrogen-bond donors (Lipinski definition) is 2. The van der Waals surface area contributed by atoms with E-state index in [0.29, 0.717) is 5.57 Å². The highest BCUT2D eigenvalue weighted by atomic mass is 28.4. The standard InChI is InChI=1S/C31H41F3N2O5Si/c1-21(2)19-24(27(38)41-29(3,4)5)35-26(37)25(36-28(39)31(32,33)34)20-40-42(30(6,7)8,22-15-11-9-12-16-22)23-17-13-10-14-18-23/h9-18,24-25H,1,19-20H2,2-8H3,(H,35,37)(H,36,39)/t24-,25+/m1/s1. The third-order valence-corrected chi connectivity index (χ3v) is 11.3. The number of ether oxygens (including phenoxy) is 1. The van der Waals surface area contributed by atoms with E-state index in [1.54, 1.807) is 33.0 Å². The molecule has 2 atom stereocenters. The van der Waals surface area contributed by atoms with Crippen LogP contribution < -0.4 is 21.0 Å². The van der Waals surface area contributed by atoms with Crippen LogP contribution in [-0.2, 0) is 23.5 Å². The van der Waals surface area contributed by atoms with Gasteiger partial charge >= 0.3 is 18.1 Å². The van der Waals surface area contributed by atoms with Gasteiger partial charge in [-0.05, 0) is 49.5 Å². The first-order valence-corrected chi connectivity index (χ1v) is 15.5. The second kappa shape index (κ2) is 13.7. The number of alkyl halides is 3. The normalized spacial score (nSPS) is 14.0. The molecule has 0 bridgehead atoms. The van der Waals surface area contributed by atoms with Gasteiger partial charge in [-0.2, -0.15) is 13.2 Å². The van der Waals surface area contributed by atoms with Crippen molar-refractivity contribution in [3.63, 3.8) is 0 Å². The van der Waals surface area contributed by atoms with E-state index < -0.39 is 61.6 Å². The van der Waals surface area contributed by atoms with Crippen LogP contribution in [0, 0.1) is 0 Å². The fraction of sp³-hybridized carbons (Fsp3) is 0.452. The number of hydrogen-bond acceptors (Lipinski definition) is 5. The maximum absolute atomic E-state index is 13.5. The predicted octanol–water partition coefficient (Wildman–Crippen LogP) is 4.40. The van der Waals surface area contributed by atoms with Crippen molar-refractivity contribution in [1.29, 1.82) is 0 Å². The first kappa shape index (κ1) is 34.8. The Morgan fingerprint density at radius 2 is 1.31 bits per heavy atom. The summed E-state index contributed by atoms with van der Waals surface area (Å²) in [6.07, 6.45) is -5.27. The van der Waals surface area contributed by atoms with E-state index in [1.165, 1.54) is 0 Å². The van der Waals surface area contributed by atoms with E-state index in [0.717, 1.165) is 10.4 Å². The molecule has 11 heteroatoms. The Kier molecular flexibility index (Phi) is 11.3. The molecule has 230 valence electrons. The lowest BCUT2D eigenvalue weighted by atomic mass is 10.1. The quantitative estimate of drug-likeness (QED) is 0.225. The summed E-state index contributed by atoms with van der Waals surface area (Å²) in [6.45, 7) is 15.7. The van der Waals surface area contributed by atoms with Crippen LogP contribution in [0.5, 0.6) is 0 Å². The number of halogens is 3. The number of nitrogens with one attached hydrogen (secondary N) is 2. The molecule has 0 aromatic heterocycles. The average molecular weight is 607 g/mol. The van der Waals surface area contributed by atoms with Gasteiger partial charge in [-0.3, -0.25) is 9.59 Å². The summed E-state index contributed by atoms with van der Waals surface area (Å²) in [7, 11) is -3.29. The Hall–Kier alpha value is -3.44. The molecule has 2 amide bonds. The number of rotatable bonds is 11. The zero-order chi connectivity index (χ0) is 31.9. The third-order valence-electron chi connectivity index (χ3n) is 6.32. The van der Waals surface area contributed by atoms with Crippen LogP contribution in [0.2, 0.25) is 5.04 Å². The first-order valence-electron chi connectivity index (χ1n) is 13.6. The molecule has 0 unspecified atom stereocenters. The lowest BCUT2D eigenvalue weighted by molar-refractivity contribution is -0.175. The number of esters is 1. The van der Waals surface area contributed by atoms with Gasteiger partial charge in [0.05, 0.1) is 6.61 Å². The van der Waals surface area contributed by atoms with Crippen molar-refractivity contribution in [1.82, 2.24) is 10.6 Å². The maximum Gasteiger partial charge on any atom is 0.471 e. The predicted molar refractivity (Wildman–Crippen MR) is 159 cm³/mol. The number of carbonyl (C=O) groups excluding carboxylic acids is 3. The van der Waals surface area contributed by atoms with Crippen LogP contribution in [0.1, 0.15) is 54.9 Å². The molecule has 0 aliphatic heterocycles. The molecule has 0 aliphatic rings. The maximum atomic E-state index is 13.5. The van der Waals surface area contributed by atoms with Gasteiger partial charge in [0.2, 0.25) is 5.91 Å². The average Bonchev–Trinajstić information content (AvgIpc) is 2.86. The molecular weight excluding hydrogens is 565 g/mol. The number of amides is 2. The fourth-order valence-corrected chi connectivity index (χ4v) is 9.15. The molecule has 2 aromatic carbocycles. The van der Waals surface area contributed by atoms with Crippen molar-refractivity contribution in [2.75, 3.05) is 6.61 Å². The summed E-state index contributed by atoms with van der Waals surface area (Å²) >= 11 is 0. The highest BCUT2D eigenvalue weighted by molar-refractivity contribution is 6.99. The molecule has 2 rings (SSSR count). The van der Waals surface area contributed by atoms with Gasteiger partial charge in [0.25, 0.3) is 8.32 Å². The highest BCUT2D eigenvalue weighted by Crippen LogP contribution is 2.36. The Morgan fingerprint density at radius 3 is 1.69 bits per heavy atom.